The highest BCUT2D eigenvalue weighted by Crippen LogP contribution is 2.28. The third-order valence-electron chi connectivity index (χ3n) is 3.00. The van der Waals surface area contributed by atoms with Gasteiger partial charge in [0.15, 0.2) is 0 Å². The molecule has 0 aliphatic carbocycles. The molecule has 1 aliphatic rings. The molecule has 1 unspecified atom stereocenters. The van der Waals surface area contributed by atoms with Gasteiger partial charge in [-0.25, -0.2) is 4.98 Å². The molecule has 1 aliphatic heterocycles. The maximum Gasteiger partial charge on any atom is 0.113 e. The zero-order chi connectivity index (χ0) is 10.3. The molecule has 2 N–H and O–H groups in total. The summed E-state index contributed by atoms with van der Waals surface area (Å²) in [6.07, 6.45) is 3.57. The fourth-order valence-corrected chi connectivity index (χ4v) is 2.29. The molecule has 1 aromatic rings. The Bertz CT molecular complexity index is 339. The highest BCUT2D eigenvalue weighted by Gasteiger charge is 2.23. The average Bonchev–Trinajstić information content (AvgIpc) is 2.46. The molecule has 0 bridgehead atoms. The molecule has 0 aromatic carbocycles. The van der Waals surface area contributed by atoms with Crippen LogP contribution in [-0.4, -0.2) is 9.55 Å². The number of rotatable bonds is 1. The van der Waals surface area contributed by atoms with Crippen LogP contribution in [-0.2, 0) is 6.42 Å². The van der Waals surface area contributed by atoms with Crippen molar-refractivity contribution in [2.75, 3.05) is 0 Å². The molecule has 2 heterocycles. The number of hydrogen-bond donors (Lipinski definition) is 1. The van der Waals surface area contributed by atoms with E-state index in [1.807, 2.05) is 0 Å². The third kappa shape index (κ3) is 1.36. The minimum Gasteiger partial charge on any atom is -0.316 e. The summed E-state index contributed by atoms with van der Waals surface area (Å²) in [6, 6.07) is 0. The van der Waals surface area contributed by atoms with Gasteiger partial charge in [0, 0.05) is 11.6 Å². The molecule has 0 amide bonds. The van der Waals surface area contributed by atoms with Crippen molar-refractivity contribution in [1.82, 2.24) is 9.55 Å². The van der Waals surface area contributed by atoms with Crippen molar-refractivity contribution >= 4 is 0 Å². The second kappa shape index (κ2) is 3.39. The summed E-state index contributed by atoms with van der Waals surface area (Å²) in [6.45, 7) is 6.45. The molecule has 0 spiro atoms. The smallest absolute Gasteiger partial charge is 0.113 e. The zero-order valence-electron chi connectivity index (χ0n) is 9.25. The fourth-order valence-electron chi connectivity index (χ4n) is 2.29. The van der Waals surface area contributed by atoms with Gasteiger partial charge in [0.1, 0.15) is 5.82 Å². The lowest BCUT2D eigenvalue weighted by molar-refractivity contribution is 0.395. The van der Waals surface area contributed by atoms with Crippen LogP contribution >= 0.6 is 0 Å². The number of aromatic nitrogens is 2. The molecular weight excluding hydrogens is 174 g/mol. The van der Waals surface area contributed by atoms with Crippen LogP contribution in [0.1, 0.15) is 56.0 Å². The first-order valence-electron chi connectivity index (χ1n) is 5.44. The Kier molecular flexibility index (Phi) is 2.35. The Morgan fingerprint density at radius 3 is 2.86 bits per heavy atom. The molecule has 78 valence electrons. The monoisotopic (exact) mass is 193 g/mol. The highest BCUT2D eigenvalue weighted by molar-refractivity contribution is 5.20. The Hall–Kier alpha value is -0.830. The Morgan fingerprint density at radius 1 is 1.50 bits per heavy atom. The van der Waals surface area contributed by atoms with Crippen LogP contribution in [0.4, 0.5) is 0 Å². The summed E-state index contributed by atoms with van der Waals surface area (Å²) in [5.41, 5.74) is 8.65. The molecule has 3 nitrogen and oxygen atoms in total. The first-order chi connectivity index (χ1) is 6.61. The fraction of sp³-hybridized carbons (Fsp3) is 0.727. The third-order valence-corrected chi connectivity index (χ3v) is 3.00. The second-order valence-electron chi connectivity index (χ2n) is 4.49. The SMILES string of the molecule is Cc1nc(C(C)C)n2c1CCCC2N. The summed E-state index contributed by atoms with van der Waals surface area (Å²) in [5, 5.41) is 0. The minimum atomic E-state index is 0.150. The highest BCUT2D eigenvalue weighted by atomic mass is 15.2. The van der Waals surface area contributed by atoms with Crippen molar-refractivity contribution in [3.63, 3.8) is 0 Å². The standard InChI is InChI=1S/C11H19N3/c1-7(2)11-13-8(3)9-5-4-6-10(12)14(9)11/h7,10H,4-6,12H2,1-3H3. The minimum absolute atomic E-state index is 0.150. The van der Waals surface area contributed by atoms with Gasteiger partial charge in [0.05, 0.1) is 11.9 Å². The molecular formula is C11H19N3. The van der Waals surface area contributed by atoms with E-state index >= 15 is 0 Å². The van der Waals surface area contributed by atoms with Crippen LogP contribution in [0.5, 0.6) is 0 Å². The molecule has 14 heavy (non-hydrogen) atoms. The number of imidazole rings is 1. The average molecular weight is 193 g/mol. The van der Waals surface area contributed by atoms with Gasteiger partial charge in [-0.05, 0) is 26.2 Å². The van der Waals surface area contributed by atoms with E-state index in [-0.39, 0.29) is 6.17 Å². The van der Waals surface area contributed by atoms with Gasteiger partial charge in [-0.2, -0.15) is 0 Å². The number of aryl methyl sites for hydroxylation is 1. The number of nitrogens with zero attached hydrogens (tertiary/aromatic N) is 2. The van der Waals surface area contributed by atoms with Gasteiger partial charge < -0.3 is 10.3 Å². The van der Waals surface area contributed by atoms with Crippen LogP contribution < -0.4 is 5.73 Å². The number of fused-ring (bicyclic) bond motifs is 1. The van der Waals surface area contributed by atoms with E-state index in [2.05, 4.69) is 30.3 Å². The van der Waals surface area contributed by atoms with Crippen LogP contribution in [0.2, 0.25) is 0 Å². The van der Waals surface area contributed by atoms with E-state index in [4.69, 9.17) is 5.73 Å². The van der Waals surface area contributed by atoms with Crippen molar-refractivity contribution < 1.29 is 0 Å². The summed E-state index contributed by atoms with van der Waals surface area (Å²) < 4.78 is 2.25. The van der Waals surface area contributed by atoms with Crippen molar-refractivity contribution in [1.29, 1.82) is 0 Å². The topological polar surface area (TPSA) is 43.8 Å². The van der Waals surface area contributed by atoms with Crippen LogP contribution in [0, 0.1) is 6.92 Å². The van der Waals surface area contributed by atoms with Crippen LogP contribution in [0.25, 0.3) is 0 Å². The van der Waals surface area contributed by atoms with Gasteiger partial charge in [-0.15, -0.1) is 0 Å². The van der Waals surface area contributed by atoms with Crippen molar-refractivity contribution in [3.8, 4) is 0 Å². The number of hydrogen-bond acceptors (Lipinski definition) is 2. The molecule has 1 atom stereocenters. The van der Waals surface area contributed by atoms with Gasteiger partial charge in [-0.3, -0.25) is 0 Å². The zero-order valence-corrected chi connectivity index (χ0v) is 9.25. The van der Waals surface area contributed by atoms with E-state index in [1.54, 1.807) is 0 Å². The van der Waals surface area contributed by atoms with Gasteiger partial charge >= 0.3 is 0 Å². The molecule has 0 saturated heterocycles. The number of nitrogens with two attached hydrogens (primary N) is 1. The van der Waals surface area contributed by atoms with E-state index in [1.165, 1.54) is 17.8 Å². The Labute approximate surface area is 85.3 Å². The lowest BCUT2D eigenvalue weighted by Gasteiger charge is -2.25. The van der Waals surface area contributed by atoms with Crippen LogP contribution in [0.15, 0.2) is 0 Å². The first kappa shape index (κ1) is 9.71. The van der Waals surface area contributed by atoms with E-state index in [9.17, 15) is 0 Å². The lowest BCUT2D eigenvalue weighted by atomic mass is 10.1. The van der Waals surface area contributed by atoms with Gasteiger partial charge in [-0.1, -0.05) is 13.8 Å². The van der Waals surface area contributed by atoms with Crippen LogP contribution in [0.3, 0.4) is 0 Å². The normalized spacial score (nSPS) is 21.4. The first-order valence-corrected chi connectivity index (χ1v) is 5.44. The van der Waals surface area contributed by atoms with E-state index in [0.717, 1.165) is 18.7 Å². The predicted molar refractivity (Wildman–Crippen MR) is 57.2 cm³/mol. The summed E-state index contributed by atoms with van der Waals surface area (Å²) >= 11 is 0. The lowest BCUT2D eigenvalue weighted by Crippen LogP contribution is -2.26. The Balaban J connectivity index is 2.53. The summed E-state index contributed by atoms with van der Waals surface area (Å²) in [7, 11) is 0. The van der Waals surface area contributed by atoms with E-state index in [0.29, 0.717) is 5.92 Å². The molecule has 1 aromatic heterocycles. The molecule has 0 radical (unpaired) electrons. The molecule has 3 heteroatoms. The van der Waals surface area contributed by atoms with Crippen molar-refractivity contribution in [3.05, 3.63) is 17.2 Å². The second-order valence-corrected chi connectivity index (χ2v) is 4.49. The van der Waals surface area contributed by atoms with Gasteiger partial charge in [0.25, 0.3) is 0 Å². The van der Waals surface area contributed by atoms with Gasteiger partial charge in [0.2, 0.25) is 0 Å². The predicted octanol–water partition coefficient (Wildman–Crippen LogP) is 2.11. The summed E-state index contributed by atoms with van der Waals surface area (Å²) in [5.74, 6) is 1.62. The largest absolute Gasteiger partial charge is 0.316 e. The maximum atomic E-state index is 6.12. The molecule has 0 saturated carbocycles. The summed E-state index contributed by atoms with van der Waals surface area (Å²) in [4.78, 5) is 4.63. The van der Waals surface area contributed by atoms with E-state index < -0.39 is 0 Å². The molecule has 0 fully saturated rings. The Morgan fingerprint density at radius 2 is 2.21 bits per heavy atom. The maximum absolute atomic E-state index is 6.12. The molecule has 2 rings (SSSR count). The van der Waals surface area contributed by atoms with Crippen molar-refractivity contribution in [2.45, 2.75) is 52.1 Å². The van der Waals surface area contributed by atoms with Crippen molar-refractivity contribution in [2.24, 2.45) is 5.73 Å². The quantitative estimate of drug-likeness (QED) is 0.742.